The molecule has 0 amide bonds. The Morgan fingerprint density at radius 2 is 1.76 bits per heavy atom. The first kappa shape index (κ1) is 14.9. The van der Waals surface area contributed by atoms with E-state index in [0.29, 0.717) is 0 Å². The van der Waals surface area contributed by atoms with E-state index in [1.54, 1.807) is 7.11 Å². The van der Waals surface area contributed by atoms with Crippen LogP contribution in [0.4, 0.5) is 5.69 Å². The van der Waals surface area contributed by atoms with E-state index in [1.807, 2.05) is 49.4 Å². The van der Waals surface area contributed by atoms with Crippen LogP contribution in [-0.4, -0.2) is 12.6 Å². The molecule has 0 radical (unpaired) electrons. The van der Waals surface area contributed by atoms with Crippen molar-refractivity contribution in [2.24, 2.45) is 0 Å². The Labute approximate surface area is 126 Å². The van der Waals surface area contributed by atoms with E-state index in [2.05, 4.69) is 23.5 Å². The van der Waals surface area contributed by atoms with Crippen LogP contribution in [0.2, 0.25) is 0 Å². The van der Waals surface area contributed by atoms with E-state index < -0.39 is 5.54 Å². The molecule has 0 aliphatic heterocycles. The summed E-state index contributed by atoms with van der Waals surface area (Å²) in [6, 6.07) is 20.2. The highest BCUT2D eigenvalue weighted by Crippen LogP contribution is 2.22. The summed E-state index contributed by atoms with van der Waals surface area (Å²) in [4.78, 5) is 0. The van der Waals surface area contributed by atoms with Crippen LogP contribution in [-0.2, 0) is 6.42 Å². The van der Waals surface area contributed by atoms with Gasteiger partial charge in [-0.25, -0.2) is 0 Å². The number of hydrogen-bond donors (Lipinski definition) is 1. The first-order valence-electron chi connectivity index (χ1n) is 7.03. The SMILES string of the molecule is COc1ccc(NC(C)(C#N)CCc2ccccc2)cc1. The summed E-state index contributed by atoms with van der Waals surface area (Å²) in [6.07, 6.45) is 1.62. The average Bonchev–Trinajstić information content (AvgIpc) is 2.55. The fourth-order valence-corrected chi connectivity index (χ4v) is 2.18. The lowest BCUT2D eigenvalue weighted by atomic mass is 9.94. The zero-order valence-corrected chi connectivity index (χ0v) is 12.5. The van der Waals surface area contributed by atoms with Crippen LogP contribution in [0.15, 0.2) is 54.6 Å². The maximum absolute atomic E-state index is 9.49. The Morgan fingerprint density at radius 1 is 1.10 bits per heavy atom. The molecule has 3 heteroatoms. The molecule has 0 aliphatic rings. The lowest BCUT2D eigenvalue weighted by Crippen LogP contribution is -2.33. The smallest absolute Gasteiger partial charge is 0.122 e. The molecule has 108 valence electrons. The molecule has 0 spiro atoms. The largest absolute Gasteiger partial charge is 0.497 e. The van der Waals surface area contributed by atoms with Gasteiger partial charge in [-0.1, -0.05) is 30.3 Å². The molecule has 1 atom stereocenters. The van der Waals surface area contributed by atoms with Gasteiger partial charge >= 0.3 is 0 Å². The second-order valence-corrected chi connectivity index (χ2v) is 5.28. The zero-order valence-electron chi connectivity index (χ0n) is 12.5. The highest BCUT2D eigenvalue weighted by atomic mass is 16.5. The van der Waals surface area contributed by atoms with E-state index in [0.717, 1.165) is 24.3 Å². The van der Waals surface area contributed by atoms with Crippen molar-refractivity contribution in [3.63, 3.8) is 0 Å². The third-order valence-corrected chi connectivity index (χ3v) is 3.51. The van der Waals surface area contributed by atoms with E-state index >= 15 is 0 Å². The van der Waals surface area contributed by atoms with Crippen molar-refractivity contribution in [2.75, 3.05) is 12.4 Å². The van der Waals surface area contributed by atoms with Crippen LogP contribution in [0, 0.1) is 11.3 Å². The summed E-state index contributed by atoms with van der Waals surface area (Å²) < 4.78 is 5.14. The number of benzene rings is 2. The van der Waals surface area contributed by atoms with Crippen LogP contribution in [0.25, 0.3) is 0 Å². The quantitative estimate of drug-likeness (QED) is 0.869. The van der Waals surface area contributed by atoms with Gasteiger partial charge in [-0.2, -0.15) is 5.26 Å². The van der Waals surface area contributed by atoms with Crippen LogP contribution in [0.1, 0.15) is 18.9 Å². The maximum Gasteiger partial charge on any atom is 0.122 e. The predicted molar refractivity (Wildman–Crippen MR) is 85.4 cm³/mol. The van der Waals surface area contributed by atoms with Crippen molar-refractivity contribution in [3.8, 4) is 11.8 Å². The minimum absolute atomic E-state index is 0.593. The Kier molecular flexibility index (Phi) is 4.84. The molecule has 1 unspecified atom stereocenters. The number of methoxy groups -OCH3 is 1. The van der Waals surface area contributed by atoms with Gasteiger partial charge < -0.3 is 10.1 Å². The van der Waals surface area contributed by atoms with Gasteiger partial charge in [-0.3, -0.25) is 0 Å². The highest BCUT2D eigenvalue weighted by molar-refractivity contribution is 5.49. The van der Waals surface area contributed by atoms with Crippen molar-refractivity contribution in [1.82, 2.24) is 0 Å². The summed E-state index contributed by atoms with van der Waals surface area (Å²) in [6.45, 7) is 1.93. The first-order valence-corrected chi connectivity index (χ1v) is 7.03. The minimum Gasteiger partial charge on any atom is -0.497 e. The van der Waals surface area contributed by atoms with Crippen molar-refractivity contribution >= 4 is 5.69 Å². The fraction of sp³-hybridized carbons (Fsp3) is 0.278. The molecule has 0 aromatic heterocycles. The Bertz CT molecular complexity index is 601. The zero-order chi connectivity index (χ0) is 15.1. The monoisotopic (exact) mass is 280 g/mol. The minimum atomic E-state index is -0.593. The second kappa shape index (κ2) is 6.81. The molecule has 1 N–H and O–H groups in total. The van der Waals surface area contributed by atoms with E-state index in [-0.39, 0.29) is 0 Å². The van der Waals surface area contributed by atoms with Gasteiger partial charge in [0.2, 0.25) is 0 Å². The summed E-state index contributed by atoms with van der Waals surface area (Å²) in [5, 5.41) is 12.8. The van der Waals surface area contributed by atoms with Crippen LogP contribution < -0.4 is 10.1 Å². The van der Waals surface area contributed by atoms with Crippen LogP contribution >= 0.6 is 0 Å². The topological polar surface area (TPSA) is 45.0 Å². The molecule has 2 aromatic carbocycles. The lowest BCUT2D eigenvalue weighted by molar-refractivity contribution is 0.415. The molecular weight excluding hydrogens is 260 g/mol. The number of rotatable bonds is 6. The van der Waals surface area contributed by atoms with Crippen molar-refractivity contribution in [3.05, 3.63) is 60.2 Å². The summed E-state index contributed by atoms with van der Waals surface area (Å²) >= 11 is 0. The standard InChI is InChI=1S/C18H20N2O/c1-18(14-19,13-12-15-6-4-3-5-7-15)20-16-8-10-17(21-2)11-9-16/h3-11,20H,12-13H2,1-2H3. The average molecular weight is 280 g/mol. The molecule has 0 saturated heterocycles. The summed E-state index contributed by atoms with van der Waals surface area (Å²) in [5.41, 5.74) is 1.58. The third kappa shape index (κ3) is 4.25. The van der Waals surface area contributed by atoms with Gasteiger partial charge in [0.15, 0.2) is 0 Å². The van der Waals surface area contributed by atoms with Crippen molar-refractivity contribution in [1.29, 1.82) is 5.26 Å². The molecule has 0 aliphatic carbocycles. The van der Waals surface area contributed by atoms with E-state index in [9.17, 15) is 5.26 Å². The maximum atomic E-state index is 9.49. The number of nitrogens with one attached hydrogen (secondary N) is 1. The van der Waals surface area contributed by atoms with Gasteiger partial charge in [-0.05, 0) is 49.6 Å². The summed E-state index contributed by atoms with van der Waals surface area (Å²) in [5.74, 6) is 0.809. The number of anilines is 1. The highest BCUT2D eigenvalue weighted by Gasteiger charge is 2.23. The molecule has 2 rings (SSSR count). The predicted octanol–water partition coefficient (Wildman–Crippen LogP) is 4.02. The molecule has 2 aromatic rings. The number of nitriles is 1. The van der Waals surface area contributed by atoms with Gasteiger partial charge in [-0.15, -0.1) is 0 Å². The van der Waals surface area contributed by atoms with Gasteiger partial charge in [0.25, 0.3) is 0 Å². The number of aryl methyl sites for hydroxylation is 1. The molecule has 21 heavy (non-hydrogen) atoms. The normalized spacial score (nSPS) is 13.0. The number of nitrogens with zero attached hydrogens (tertiary/aromatic N) is 1. The van der Waals surface area contributed by atoms with E-state index in [4.69, 9.17) is 4.74 Å². The van der Waals surface area contributed by atoms with Crippen molar-refractivity contribution < 1.29 is 4.74 Å². The Balaban J connectivity index is 2.01. The fourth-order valence-electron chi connectivity index (χ4n) is 2.18. The lowest BCUT2D eigenvalue weighted by Gasteiger charge is -2.24. The van der Waals surface area contributed by atoms with Crippen LogP contribution in [0.3, 0.4) is 0 Å². The molecule has 0 fully saturated rings. The molecule has 0 saturated carbocycles. The van der Waals surface area contributed by atoms with Crippen LogP contribution in [0.5, 0.6) is 5.75 Å². The molecule has 3 nitrogen and oxygen atoms in total. The number of ether oxygens (including phenoxy) is 1. The van der Waals surface area contributed by atoms with E-state index in [1.165, 1.54) is 5.56 Å². The number of hydrogen-bond acceptors (Lipinski definition) is 3. The van der Waals surface area contributed by atoms with Gasteiger partial charge in [0, 0.05) is 5.69 Å². The first-order chi connectivity index (χ1) is 10.1. The second-order valence-electron chi connectivity index (χ2n) is 5.28. The van der Waals surface area contributed by atoms with Gasteiger partial charge in [0.1, 0.15) is 11.3 Å². The third-order valence-electron chi connectivity index (χ3n) is 3.51. The van der Waals surface area contributed by atoms with Gasteiger partial charge in [0.05, 0.1) is 13.2 Å². The molecule has 0 heterocycles. The van der Waals surface area contributed by atoms with Crippen molar-refractivity contribution in [2.45, 2.75) is 25.3 Å². The molecular formula is C18H20N2O. The molecule has 0 bridgehead atoms. The Morgan fingerprint density at radius 3 is 2.33 bits per heavy atom. The summed E-state index contributed by atoms with van der Waals surface area (Å²) in [7, 11) is 1.64. The Hall–Kier alpha value is -2.47.